The van der Waals surface area contributed by atoms with Gasteiger partial charge in [0.25, 0.3) is 5.56 Å². The highest BCUT2D eigenvalue weighted by Gasteiger charge is 2.26. The molecule has 2 unspecified atom stereocenters. The summed E-state index contributed by atoms with van der Waals surface area (Å²) in [5, 5.41) is 0.700. The van der Waals surface area contributed by atoms with Crippen LogP contribution in [0.15, 0.2) is 35.4 Å². The molecular weight excluding hydrogens is 238 g/mol. The fraction of sp³-hybridized carbons (Fsp3) is 0.467. The predicted octanol–water partition coefficient (Wildman–Crippen LogP) is 2.09. The molecule has 4 heteroatoms. The number of benzene rings is 1. The van der Waals surface area contributed by atoms with Gasteiger partial charge in [-0.15, -0.1) is 0 Å². The molecule has 2 N–H and O–H groups in total. The molecule has 0 spiro atoms. The molecule has 2 aromatic rings. The Morgan fingerprint density at radius 3 is 2.89 bits per heavy atom. The Hall–Kier alpha value is -1.68. The molecule has 1 fully saturated rings. The molecular formula is C15H19N3O. The van der Waals surface area contributed by atoms with Gasteiger partial charge in [-0.1, -0.05) is 25.0 Å². The molecule has 2 atom stereocenters. The molecule has 3 rings (SSSR count). The maximum Gasteiger partial charge on any atom is 0.261 e. The number of fused-ring (bicyclic) bond motifs is 1. The lowest BCUT2D eigenvalue weighted by molar-refractivity contribution is 0.239. The minimum atomic E-state index is 0.0657. The highest BCUT2D eigenvalue weighted by atomic mass is 16.1. The Balaban J connectivity index is 2.09. The van der Waals surface area contributed by atoms with E-state index in [2.05, 4.69) is 4.98 Å². The Labute approximate surface area is 112 Å². The standard InChI is InChI=1S/C15H19N3O/c16-9-11-5-1-4-8-14(11)18-10-17-13-7-3-2-6-12(13)15(18)19/h2-3,6-7,10-11,14H,1,4-5,8-9,16H2. The van der Waals surface area contributed by atoms with Crippen LogP contribution in [0.25, 0.3) is 10.9 Å². The van der Waals surface area contributed by atoms with Gasteiger partial charge >= 0.3 is 0 Å². The van der Waals surface area contributed by atoms with Crippen LogP contribution < -0.4 is 11.3 Å². The number of nitrogens with zero attached hydrogens (tertiary/aromatic N) is 2. The lowest BCUT2D eigenvalue weighted by atomic mass is 9.84. The fourth-order valence-corrected chi connectivity index (χ4v) is 3.15. The van der Waals surface area contributed by atoms with Gasteiger partial charge in [-0.2, -0.15) is 0 Å². The molecule has 1 heterocycles. The molecule has 1 aliphatic rings. The van der Waals surface area contributed by atoms with E-state index in [4.69, 9.17) is 5.73 Å². The average Bonchev–Trinajstić information content (AvgIpc) is 2.48. The highest BCUT2D eigenvalue weighted by Crippen LogP contribution is 2.32. The third-order valence-corrected chi connectivity index (χ3v) is 4.22. The number of nitrogens with two attached hydrogens (primary N) is 1. The topological polar surface area (TPSA) is 60.9 Å². The van der Waals surface area contributed by atoms with Crippen LogP contribution >= 0.6 is 0 Å². The predicted molar refractivity (Wildman–Crippen MR) is 76.1 cm³/mol. The molecule has 19 heavy (non-hydrogen) atoms. The zero-order valence-electron chi connectivity index (χ0n) is 11.0. The lowest BCUT2D eigenvalue weighted by Gasteiger charge is -2.31. The van der Waals surface area contributed by atoms with Gasteiger partial charge in [0.1, 0.15) is 0 Å². The summed E-state index contributed by atoms with van der Waals surface area (Å²) in [4.78, 5) is 17.0. The van der Waals surface area contributed by atoms with Crippen molar-refractivity contribution in [1.29, 1.82) is 0 Å². The van der Waals surface area contributed by atoms with Crippen LogP contribution in [0, 0.1) is 5.92 Å². The molecule has 1 saturated carbocycles. The van der Waals surface area contributed by atoms with Crippen molar-refractivity contribution in [3.63, 3.8) is 0 Å². The van der Waals surface area contributed by atoms with E-state index >= 15 is 0 Å². The first-order chi connectivity index (χ1) is 9.31. The Morgan fingerprint density at radius 2 is 2.05 bits per heavy atom. The minimum Gasteiger partial charge on any atom is -0.330 e. The van der Waals surface area contributed by atoms with Crippen LogP contribution in [0.4, 0.5) is 0 Å². The summed E-state index contributed by atoms with van der Waals surface area (Å²) in [5.74, 6) is 0.398. The summed E-state index contributed by atoms with van der Waals surface area (Å²) in [6.07, 6.45) is 6.22. The van der Waals surface area contributed by atoms with E-state index in [1.807, 2.05) is 24.3 Å². The molecule has 1 aliphatic carbocycles. The summed E-state index contributed by atoms with van der Waals surface area (Å²) in [6, 6.07) is 7.73. The summed E-state index contributed by atoms with van der Waals surface area (Å²) in [5.41, 5.74) is 6.69. The van der Waals surface area contributed by atoms with Gasteiger partial charge in [-0.25, -0.2) is 4.98 Å². The summed E-state index contributed by atoms with van der Waals surface area (Å²) >= 11 is 0. The number of aromatic nitrogens is 2. The van der Waals surface area contributed by atoms with E-state index in [-0.39, 0.29) is 11.6 Å². The average molecular weight is 257 g/mol. The van der Waals surface area contributed by atoms with Crippen molar-refractivity contribution in [2.45, 2.75) is 31.7 Å². The second kappa shape index (κ2) is 5.13. The van der Waals surface area contributed by atoms with Crippen molar-refractivity contribution in [1.82, 2.24) is 9.55 Å². The van der Waals surface area contributed by atoms with Gasteiger partial charge in [0.15, 0.2) is 0 Å². The largest absolute Gasteiger partial charge is 0.330 e. The van der Waals surface area contributed by atoms with Crippen molar-refractivity contribution >= 4 is 10.9 Å². The number of hydrogen-bond donors (Lipinski definition) is 1. The molecule has 1 aromatic carbocycles. The molecule has 0 aliphatic heterocycles. The van der Waals surface area contributed by atoms with Gasteiger partial charge in [0.05, 0.1) is 17.2 Å². The van der Waals surface area contributed by atoms with Crippen LogP contribution in [0.2, 0.25) is 0 Å². The van der Waals surface area contributed by atoms with E-state index < -0.39 is 0 Å². The molecule has 0 amide bonds. The van der Waals surface area contributed by atoms with Gasteiger partial charge in [-0.05, 0) is 37.4 Å². The van der Waals surface area contributed by atoms with E-state index in [1.165, 1.54) is 12.8 Å². The van der Waals surface area contributed by atoms with E-state index in [0.717, 1.165) is 18.4 Å². The van der Waals surface area contributed by atoms with Crippen molar-refractivity contribution in [2.75, 3.05) is 6.54 Å². The molecule has 100 valence electrons. The van der Waals surface area contributed by atoms with Gasteiger partial charge in [-0.3, -0.25) is 9.36 Å². The van der Waals surface area contributed by atoms with E-state index in [0.29, 0.717) is 17.8 Å². The van der Waals surface area contributed by atoms with Crippen LogP contribution in [0.5, 0.6) is 0 Å². The second-order valence-electron chi connectivity index (χ2n) is 5.32. The van der Waals surface area contributed by atoms with Gasteiger partial charge in [0.2, 0.25) is 0 Å². The third-order valence-electron chi connectivity index (χ3n) is 4.22. The van der Waals surface area contributed by atoms with Gasteiger partial charge in [0, 0.05) is 6.04 Å². The molecule has 4 nitrogen and oxygen atoms in total. The molecule has 0 bridgehead atoms. The minimum absolute atomic E-state index is 0.0657. The maximum atomic E-state index is 12.6. The zero-order valence-corrected chi connectivity index (χ0v) is 11.0. The van der Waals surface area contributed by atoms with E-state index in [1.54, 1.807) is 10.9 Å². The Bertz CT molecular complexity index is 635. The van der Waals surface area contributed by atoms with Crippen LogP contribution in [0.1, 0.15) is 31.7 Å². The van der Waals surface area contributed by atoms with Crippen molar-refractivity contribution < 1.29 is 0 Å². The number of rotatable bonds is 2. The summed E-state index contributed by atoms with van der Waals surface area (Å²) in [7, 11) is 0. The van der Waals surface area contributed by atoms with Crippen LogP contribution in [-0.2, 0) is 0 Å². The SMILES string of the molecule is NCC1CCCCC1n1cnc2ccccc2c1=O. The summed E-state index contributed by atoms with van der Waals surface area (Å²) in [6.45, 7) is 0.643. The van der Waals surface area contributed by atoms with Crippen LogP contribution in [0.3, 0.4) is 0 Å². The quantitative estimate of drug-likeness (QED) is 0.896. The molecule has 0 saturated heterocycles. The molecule has 0 radical (unpaired) electrons. The van der Waals surface area contributed by atoms with Crippen LogP contribution in [-0.4, -0.2) is 16.1 Å². The first-order valence-electron chi connectivity index (χ1n) is 6.97. The Morgan fingerprint density at radius 1 is 1.26 bits per heavy atom. The Kier molecular flexibility index (Phi) is 3.34. The van der Waals surface area contributed by atoms with Gasteiger partial charge < -0.3 is 5.73 Å². The third kappa shape index (κ3) is 2.16. The van der Waals surface area contributed by atoms with E-state index in [9.17, 15) is 4.79 Å². The number of hydrogen-bond acceptors (Lipinski definition) is 3. The summed E-state index contributed by atoms with van der Waals surface area (Å²) < 4.78 is 1.80. The maximum absolute atomic E-state index is 12.6. The monoisotopic (exact) mass is 257 g/mol. The first kappa shape index (κ1) is 12.4. The lowest BCUT2D eigenvalue weighted by Crippen LogP contribution is -2.35. The highest BCUT2D eigenvalue weighted by molar-refractivity contribution is 5.76. The van der Waals surface area contributed by atoms with Crippen molar-refractivity contribution in [3.05, 3.63) is 40.9 Å². The smallest absolute Gasteiger partial charge is 0.261 e. The first-order valence-corrected chi connectivity index (χ1v) is 6.97. The molecule has 1 aromatic heterocycles. The number of para-hydroxylation sites is 1. The van der Waals surface area contributed by atoms with Crippen molar-refractivity contribution in [2.24, 2.45) is 11.7 Å². The fourth-order valence-electron chi connectivity index (χ4n) is 3.15. The normalized spacial score (nSPS) is 23.6. The second-order valence-corrected chi connectivity index (χ2v) is 5.32. The van der Waals surface area contributed by atoms with Crippen molar-refractivity contribution in [3.8, 4) is 0 Å². The zero-order chi connectivity index (χ0) is 13.2.